The van der Waals surface area contributed by atoms with Crippen LogP contribution in [0.4, 0.5) is 4.39 Å². The number of nitrogens with one attached hydrogen (secondary N) is 2. The topological polar surface area (TPSA) is 24.1 Å². The van der Waals surface area contributed by atoms with E-state index in [1.54, 1.807) is 12.1 Å². The van der Waals surface area contributed by atoms with Crippen LogP contribution >= 0.6 is 11.6 Å². The SMILES string of the molecule is CCNCCNCCc1ccc(F)c(Cl)c1. The van der Waals surface area contributed by atoms with Crippen LogP contribution in [0.3, 0.4) is 0 Å². The third kappa shape index (κ3) is 4.92. The Balaban J connectivity index is 2.19. The molecule has 0 saturated heterocycles. The van der Waals surface area contributed by atoms with Gasteiger partial charge in [0, 0.05) is 13.1 Å². The van der Waals surface area contributed by atoms with Gasteiger partial charge in [-0.05, 0) is 37.2 Å². The van der Waals surface area contributed by atoms with Gasteiger partial charge in [-0.25, -0.2) is 4.39 Å². The van der Waals surface area contributed by atoms with Gasteiger partial charge in [0.15, 0.2) is 0 Å². The fourth-order valence-electron chi connectivity index (χ4n) is 1.41. The zero-order chi connectivity index (χ0) is 11.8. The summed E-state index contributed by atoms with van der Waals surface area (Å²) in [6.07, 6.45) is 0.867. The summed E-state index contributed by atoms with van der Waals surface area (Å²) in [6.45, 7) is 5.88. The summed E-state index contributed by atoms with van der Waals surface area (Å²) in [5, 5.41) is 6.73. The molecular formula is C12H18ClFN2. The van der Waals surface area contributed by atoms with E-state index >= 15 is 0 Å². The summed E-state index contributed by atoms with van der Waals surface area (Å²) in [5.41, 5.74) is 1.06. The van der Waals surface area contributed by atoms with Crippen molar-refractivity contribution in [2.24, 2.45) is 0 Å². The fraction of sp³-hybridized carbons (Fsp3) is 0.500. The predicted molar refractivity (Wildman–Crippen MR) is 66.5 cm³/mol. The summed E-state index contributed by atoms with van der Waals surface area (Å²) in [4.78, 5) is 0. The monoisotopic (exact) mass is 244 g/mol. The molecule has 0 heterocycles. The first-order chi connectivity index (χ1) is 7.74. The number of hydrogen-bond donors (Lipinski definition) is 2. The van der Waals surface area contributed by atoms with Gasteiger partial charge >= 0.3 is 0 Å². The third-order valence-corrected chi connectivity index (χ3v) is 2.59. The van der Waals surface area contributed by atoms with Gasteiger partial charge in [0.2, 0.25) is 0 Å². The number of halogens is 2. The Labute approximate surface area is 101 Å². The van der Waals surface area contributed by atoms with Crippen LogP contribution in [0.15, 0.2) is 18.2 Å². The molecule has 2 nitrogen and oxygen atoms in total. The van der Waals surface area contributed by atoms with Crippen molar-refractivity contribution in [3.05, 3.63) is 34.6 Å². The number of benzene rings is 1. The molecule has 0 aliphatic rings. The van der Waals surface area contributed by atoms with Gasteiger partial charge in [-0.15, -0.1) is 0 Å². The van der Waals surface area contributed by atoms with Crippen LogP contribution in [0.1, 0.15) is 12.5 Å². The van der Waals surface area contributed by atoms with Crippen molar-refractivity contribution >= 4 is 11.6 Å². The summed E-state index contributed by atoms with van der Waals surface area (Å²) in [6, 6.07) is 4.87. The molecule has 0 unspecified atom stereocenters. The molecule has 2 N–H and O–H groups in total. The lowest BCUT2D eigenvalue weighted by Crippen LogP contribution is -2.28. The van der Waals surface area contributed by atoms with Gasteiger partial charge < -0.3 is 10.6 Å². The van der Waals surface area contributed by atoms with E-state index in [1.807, 2.05) is 0 Å². The van der Waals surface area contributed by atoms with Gasteiger partial charge in [-0.2, -0.15) is 0 Å². The van der Waals surface area contributed by atoms with E-state index in [1.165, 1.54) is 6.07 Å². The van der Waals surface area contributed by atoms with Crippen molar-refractivity contribution in [2.75, 3.05) is 26.2 Å². The summed E-state index contributed by atoms with van der Waals surface area (Å²) in [7, 11) is 0. The Morgan fingerprint density at radius 2 is 1.94 bits per heavy atom. The molecule has 0 saturated carbocycles. The van der Waals surface area contributed by atoms with E-state index in [9.17, 15) is 4.39 Å². The molecule has 0 amide bonds. The highest BCUT2D eigenvalue weighted by atomic mass is 35.5. The molecule has 0 spiro atoms. The second-order valence-corrected chi connectivity index (χ2v) is 4.01. The quantitative estimate of drug-likeness (QED) is 0.719. The van der Waals surface area contributed by atoms with Gasteiger partial charge in [0.1, 0.15) is 5.82 Å². The minimum Gasteiger partial charge on any atom is -0.316 e. The predicted octanol–water partition coefficient (Wildman–Crippen LogP) is 2.22. The lowest BCUT2D eigenvalue weighted by Gasteiger charge is -2.05. The minimum absolute atomic E-state index is 0.199. The van der Waals surface area contributed by atoms with Crippen molar-refractivity contribution < 1.29 is 4.39 Å². The van der Waals surface area contributed by atoms with E-state index in [4.69, 9.17) is 11.6 Å². The normalized spacial score (nSPS) is 10.7. The first-order valence-electron chi connectivity index (χ1n) is 5.59. The Hall–Kier alpha value is -0.640. The summed E-state index contributed by atoms with van der Waals surface area (Å²) < 4.78 is 12.9. The van der Waals surface area contributed by atoms with Crippen molar-refractivity contribution in [3.63, 3.8) is 0 Å². The second-order valence-electron chi connectivity index (χ2n) is 3.60. The molecule has 1 aromatic rings. The van der Waals surface area contributed by atoms with Gasteiger partial charge in [0.25, 0.3) is 0 Å². The lowest BCUT2D eigenvalue weighted by atomic mass is 10.1. The van der Waals surface area contributed by atoms with Crippen molar-refractivity contribution in [1.82, 2.24) is 10.6 Å². The second kappa shape index (κ2) is 7.60. The lowest BCUT2D eigenvalue weighted by molar-refractivity contribution is 0.619. The van der Waals surface area contributed by atoms with Gasteiger partial charge in [-0.1, -0.05) is 24.6 Å². The molecule has 0 aliphatic carbocycles. The Kier molecular flexibility index (Phi) is 6.38. The van der Waals surface area contributed by atoms with E-state index in [0.717, 1.165) is 38.2 Å². The van der Waals surface area contributed by atoms with Crippen LogP contribution in [0.5, 0.6) is 0 Å². The molecule has 0 fully saturated rings. The minimum atomic E-state index is -0.356. The van der Waals surface area contributed by atoms with E-state index < -0.39 is 0 Å². The molecule has 0 aromatic heterocycles. The average Bonchev–Trinajstić information content (AvgIpc) is 2.28. The molecule has 0 radical (unpaired) electrons. The summed E-state index contributed by atoms with van der Waals surface area (Å²) in [5.74, 6) is -0.356. The third-order valence-electron chi connectivity index (χ3n) is 2.30. The maximum absolute atomic E-state index is 12.9. The highest BCUT2D eigenvalue weighted by molar-refractivity contribution is 6.30. The van der Waals surface area contributed by atoms with E-state index in [-0.39, 0.29) is 10.8 Å². The Bertz CT molecular complexity index is 318. The van der Waals surface area contributed by atoms with Crippen LogP contribution in [-0.4, -0.2) is 26.2 Å². The van der Waals surface area contributed by atoms with Crippen molar-refractivity contribution in [1.29, 1.82) is 0 Å². The van der Waals surface area contributed by atoms with Crippen LogP contribution in [-0.2, 0) is 6.42 Å². The molecule has 1 rings (SSSR count). The molecule has 0 atom stereocenters. The Morgan fingerprint density at radius 3 is 2.62 bits per heavy atom. The first kappa shape index (κ1) is 13.4. The number of likely N-dealkylation sites (N-methyl/N-ethyl adjacent to an activating group) is 1. The first-order valence-corrected chi connectivity index (χ1v) is 5.97. The highest BCUT2D eigenvalue weighted by Crippen LogP contribution is 2.15. The number of rotatable bonds is 7. The van der Waals surface area contributed by atoms with Crippen LogP contribution in [0.2, 0.25) is 5.02 Å². The van der Waals surface area contributed by atoms with E-state index in [0.29, 0.717) is 0 Å². The zero-order valence-electron chi connectivity index (χ0n) is 9.52. The largest absolute Gasteiger partial charge is 0.316 e. The molecule has 4 heteroatoms. The molecule has 0 bridgehead atoms. The molecule has 90 valence electrons. The van der Waals surface area contributed by atoms with Crippen LogP contribution in [0.25, 0.3) is 0 Å². The molecule has 1 aromatic carbocycles. The fourth-order valence-corrected chi connectivity index (χ4v) is 1.61. The average molecular weight is 245 g/mol. The standard InChI is InChI=1S/C12H18ClFN2/c1-2-15-7-8-16-6-5-10-3-4-12(14)11(13)9-10/h3-4,9,15-16H,2,5-8H2,1H3. The highest BCUT2D eigenvalue weighted by Gasteiger charge is 2.00. The van der Waals surface area contributed by atoms with Crippen LogP contribution < -0.4 is 10.6 Å². The van der Waals surface area contributed by atoms with Crippen molar-refractivity contribution in [2.45, 2.75) is 13.3 Å². The maximum atomic E-state index is 12.9. The molecule has 16 heavy (non-hydrogen) atoms. The Morgan fingerprint density at radius 1 is 1.19 bits per heavy atom. The van der Waals surface area contributed by atoms with Gasteiger partial charge in [-0.3, -0.25) is 0 Å². The molecular weight excluding hydrogens is 227 g/mol. The maximum Gasteiger partial charge on any atom is 0.141 e. The van der Waals surface area contributed by atoms with Gasteiger partial charge in [0.05, 0.1) is 5.02 Å². The van der Waals surface area contributed by atoms with Crippen molar-refractivity contribution in [3.8, 4) is 0 Å². The summed E-state index contributed by atoms with van der Waals surface area (Å²) >= 11 is 5.69. The molecule has 0 aliphatic heterocycles. The smallest absolute Gasteiger partial charge is 0.141 e. The number of hydrogen-bond acceptors (Lipinski definition) is 2. The van der Waals surface area contributed by atoms with E-state index in [2.05, 4.69) is 17.6 Å². The van der Waals surface area contributed by atoms with Crippen LogP contribution in [0, 0.1) is 5.82 Å². The zero-order valence-corrected chi connectivity index (χ0v) is 10.3.